The van der Waals surface area contributed by atoms with Gasteiger partial charge in [-0.25, -0.2) is 8.78 Å². The number of aromatic nitrogens is 1. The Morgan fingerprint density at radius 2 is 1.74 bits per heavy atom. The molecule has 0 saturated heterocycles. The summed E-state index contributed by atoms with van der Waals surface area (Å²) in [4.78, 5) is 4.36. The number of rotatable bonds is 2. The van der Waals surface area contributed by atoms with E-state index in [9.17, 15) is 8.78 Å². The minimum Gasteiger partial charge on any atom is -0.261 e. The van der Waals surface area contributed by atoms with Crippen LogP contribution in [-0.2, 0) is 6.42 Å². The van der Waals surface area contributed by atoms with Crippen LogP contribution in [0.2, 0.25) is 0 Å². The molecule has 2 aromatic carbocycles. The lowest BCUT2D eigenvalue weighted by Crippen LogP contribution is -1.92. The summed E-state index contributed by atoms with van der Waals surface area (Å²) >= 11 is 0. The van der Waals surface area contributed by atoms with E-state index >= 15 is 0 Å². The molecule has 0 unspecified atom stereocenters. The predicted molar refractivity (Wildman–Crippen MR) is 73.2 cm³/mol. The third-order valence-corrected chi connectivity index (χ3v) is 3.36. The van der Waals surface area contributed by atoms with E-state index in [4.69, 9.17) is 0 Å². The van der Waals surface area contributed by atoms with Gasteiger partial charge < -0.3 is 0 Å². The third-order valence-electron chi connectivity index (χ3n) is 3.36. The molecular weight excluding hydrogens is 244 g/mol. The second-order valence-electron chi connectivity index (χ2n) is 4.65. The molecule has 0 aliphatic heterocycles. The Labute approximate surface area is 109 Å². The van der Waals surface area contributed by atoms with Crippen molar-refractivity contribution in [2.75, 3.05) is 0 Å². The summed E-state index contributed by atoms with van der Waals surface area (Å²) in [5.74, 6) is -1.07. The maximum absolute atomic E-state index is 13.8. The molecule has 1 aromatic heterocycles. The van der Waals surface area contributed by atoms with Crippen molar-refractivity contribution in [2.45, 2.75) is 19.8 Å². The number of pyridine rings is 1. The van der Waals surface area contributed by atoms with Gasteiger partial charge in [0.15, 0.2) is 0 Å². The molecule has 0 spiro atoms. The Hall–Kier alpha value is -2.03. The maximum Gasteiger partial charge on any atom is 0.133 e. The van der Waals surface area contributed by atoms with Crippen molar-refractivity contribution in [1.29, 1.82) is 0 Å². The highest BCUT2D eigenvalue weighted by Crippen LogP contribution is 2.29. The molecule has 1 nitrogen and oxygen atoms in total. The van der Waals surface area contributed by atoms with Crippen LogP contribution >= 0.6 is 0 Å². The van der Waals surface area contributed by atoms with E-state index < -0.39 is 11.6 Å². The van der Waals surface area contributed by atoms with E-state index in [1.54, 1.807) is 12.3 Å². The van der Waals surface area contributed by atoms with Gasteiger partial charge in [-0.15, -0.1) is 0 Å². The Kier molecular flexibility index (Phi) is 2.90. The molecule has 3 rings (SSSR count). The van der Waals surface area contributed by atoms with E-state index in [0.717, 1.165) is 35.4 Å². The molecule has 0 saturated carbocycles. The monoisotopic (exact) mass is 257 g/mol. The Bertz CT molecular complexity index is 765. The van der Waals surface area contributed by atoms with E-state index in [1.807, 2.05) is 12.1 Å². The molecule has 0 bridgehead atoms. The second kappa shape index (κ2) is 4.57. The highest BCUT2D eigenvalue weighted by molar-refractivity contribution is 6.08. The molecular formula is C16H13F2N. The first-order valence-electron chi connectivity index (χ1n) is 6.36. The summed E-state index contributed by atoms with van der Waals surface area (Å²) < 4.78 is 27.2. The van der Waals surface area contributed by atoms with Gasteiger partial charge in [-0.2, -0.15) is 0 Å². The standard InChI is InChI=1S/C16H13F2N/c1-2-3-16-13-5-4-12-14(11(13)6-7-19-16)8-10(17)9-15(12)18/h4-9H,2-3H2,1H3. The largest absolute Gasteiger partial charge is 0.261 e. The molecule has 3 heteroatoms. The fourth-order valence-electron chi connectivity index (χ4n) is 2.52. The number of benzene rings is 2. The van der Waals surface area contributed by atoms with Gasteiger partial charge in [0.2, 0.25) is 0 Å². The van der Waals surface area contributed by atoms with Crippen LogP contribution < -0.4 is 0 Å². The molecule has 1 heterocycles. The van der Waals surface area contributed by atoms with Crippen molar-refractivity contribution in [3.05, 3.63) is 53.9 Å². The number of aryl methyl sites for hydroxylation is 1. The summed E-state index contributed by atoms with van der Waals surface area (Å²) in [5.41, 5.74) is 0.978. The van der Waals surface area contributed by atoms with Gasteiger partial charge in [0.05, 0.1) is 0 Å². The summed E-state index contributed by atoms with van der Waals surface area (Å²) in [7, 11) is 0. The number of halogens is 2. The van der Waals surface area contributed by atoms with E-state index in [-0.39, 0.29) is 0 Å². The van der Waals surface area contributed by atoms with Gasteiger partial charge >= 0.3 is 0 Å². The van der Waals surface area contributed by atoms with Crippen molar-refractivity contribution >= 4 is 21.5 Å². The lowest BCUT2D eigenvalue weighted by molar-refractivity contribution is 0.592. The van der Waals surface area contributed by atoms with Crippen molar-refractivity contribution in [3.8, 4) is 0 Å². The van der Waals surface area contributed by atoms with Gasteiger partial charge in [-0.3, -0.25) is 4.98 Å². The van der Waals surface area contributed by atoms with Crippen LogP contribution in [0.1, 0.15) is 19.0 Å². The number of hydrogen-bond donors (Lipinski definition) is 0. The highest BCUT2D eigenvalue weighted by Gasteiger charge is 2.09. The molecule has 0 aliphatic rings. The van der Waals surface area contributed by atoms with Crippen LogP contribution in [0, 0.1) is 11.6 Å². The Morgan fingerprint density at radius 1 is 0.947 bits per heavy atom. The number of hydrogen-bond acceptors (Lipinski definition) is 1. The molecule has 3 aromatic rings. The van der Waals surface area contributed by atoms with Crippen LogP contribution in [0.3, 0.4) is 0 Å². The van der Waals surface area contributed by atoms with E-state index in [2.05, 4.69) is 11.9 Å². The molecule has 0 fully saturated rings. The van der Waals surface area contributed by atoms with Crippen LogP contribution in [0.5, 0.6) is 0 Å². The minimum atomic E-state index is -0.550. The minimum absolute atomic E-state index is 0.447. The number of nitrogens with zero attached hydrogens (tertiary/aromatic N) is 1. The fourth-order valence-corrected chi connectivity index (χ4v) is 2.52. The normalized spacial score (nSPS) is 11.3. The first kappa shape index (κ1) is 12.0. The lowest BCUT2D eigenvalue weighted by Gasteiger charge is -2.08. The summed E-state index contributed by atoms with van der Waals surface area (Å²) in [6, 6.07) is 7.69. The summed E-state index contributed by atoms with van der Waals surface area (Å²) in [5, 5.41) is 2.88. The van der Waals surface area contributed by atoms with Gasteiger partial charge in [-0.05, 0) is 29.3 Å². The smallest absolute Gasteiger partial charge is 0.133 e. The quantitative estimate of drug-likeness (QED) is 0.610. The average molecular weight is 257 g/mol. The van der Waals surface area contributed by atoms with Crippen LogP contribution in [0.25, 0.3) is 21.5 Å². The molecule has 0 radical (unpaired) electrons. The molecule has 0 atom stereocenters. The van der Waals surface area contributed by atoms with Gasteiger partial charge in [0.1, 0.15) is 11.6 Å². The average Bonchev–Trinajstić information content (AvgIpc) is 2.39. The predicted octanol–water partition coefficient (Wildman–Crippen LogP) is 4.62. The zero-order valence-electron chi connectivity index (χ0n) is 10.6. The van der Waals surface area contributed by atoms with Crippen LogP contribution in [0.15, 0.2) is 36.5 Å². The topological polar surface area (TPSA) is 12.9 Å². The van der Waals surface area contributed by atoms with Gasteiger partial charge in [0.25, 0.3) is 0 Å². The van der Waals surface area contributed by atoms with E-state index in [0.29, 0.717) is 10.8 Å². The lowest BCUT2D eigenvalue weighted by atomic mass is 10.00. The zero-order chi connectivity index (χ0) is 13.4. The van der Waals surface area contributed by atoms with Crippen molar-refractivity contribution in [1.82, 2.24) is 4.98 Å². The second-order valence-corrected chi connectivity index (χ2v) is 4.65. The fraction of sp³-hybridized carbons (Fsp3) is 0.188. The summed E-state index contributed by atoms with van der Waals surface area (Å²) in [6.45, 7) is 2.08. The third kappa shape index (κ3) is 1.95. The van der Waals surface area contributed by atoms with Crippen LogP contribution in [0.4, 0.5) is 8.78 Å². The van der Waals surface area contributed by atoms with Crippen molar-refractivity contribution in [2.24, 2.45) is 0 Å². The van der Waals surface area contributed by atoms with Crippen molar-refractivity contribution in [3.63, 3.8) is 0 Å². The zero-order valence-corrected chi connectivity index (χ0v) is 10.6. The van der Waals surface area contributed by atoms with E-state index in [1.165, 1.54) is 6.07 Å². The number of fused-ring (bicyclic) bond motifs is 3. The summed E-state index contributed by atoms with van der Waals surface area (Å²) in [6.07, 6.45) is 3.55. The van der Waals surface area contributed by atoms with Gasteiger partial charge in [-0.1, -0.05) is 25.5 Å². The van der Waals surface area contributed by atoms with Crippen LogP contribution in [-0.4, -0.2) is 4.98 Å². The maximum atomic E-state index is 13.8. The molecule has 0 aliphatic carbocycles. The van der Waals surface area contributed by atoms with Crippen molar-refractivity contribution < 1.29 is 8.78 Å². The molecule has 0 N–H and O–H groups in total. The highest BCUT2D eigenvalue weighted by atomic mass is 19.1. The SMILES string of the molecule is CCCc1nccc2c1ccc1c(F)cc(F)cc12. The molecule has 19 heavy (non-hydrogen) atoms. The first-order chi connectivity index (χ1) is 9.20. The Balaban J connectivity index is 2.43. The first-order valence-corrected chi connectivity index (χ1v) is 6.36. The Morgan fingerprint density at radius 3 is 2.53 bits per heavy atom. The molecule has 0 amide bonds. The molecule has 96 valence electrons. The van der Waals surface area contributed by atoms with Gasteiger partial charge in [0, 0.05) is 28.7 Å².